The summed E-state index contributed by atoms with van der Waals surface area (Å²) in [5.41, 5.74) is 0.361. The topological polar surface area (TPSA) is 47.6 Å². The Balaban J connectivity index is 1.98. The summed E-state index contributed by atoms with van der Waals surface area (Å²) < 4.78 is 12.1. The summed E-state index contributed by atoms with van der Waals surface area (Å²) in [7, 11) is 0. The van der Waals surface area contributed by atoms with E-state index in [4.69, 9.17) is 9.47 Å². The van der Waals surface area contributed by atoms with E-state index in [2.05, 4.69) is 21.2 Å². The second kappa shape index (κ2) is 6.79. The normalized spacial score (nSPS) is 18.6. The Morgan fingerprint density at radius 1 is 1.48 bits per heavy atom. The van der Waals surface area contributed by atoms with Gasteiger partial charge >= 0.3 is 0 Å². The summed E-state index contributed by atoms with van der Waals surface area (Å²) in [5.74, 6) is 0.645. The molecule has 0 aromatic heterocycles. The van der Waals surface area contributed by atoms with Crippen LogP contribution in [-0.4, -0.2) is 30.8 Å². The van der Waals surface area contributed by atoms with Gasteiger partial charge in [0.15, 0.2) is 0 Å². The summed E-state index contributed by atoms with van der Waals surface area (Å²) >= 11 is 3.46. The molecule has 4 nitrogen and oxygen atoms in total. The fourth-order valence-electron chi connectivity index (χ4n) is 2.13. The van der Waals surface area contributed by atoms with E-state index in [1.54, 1.807) is 12.1 Å². The van der Waals surface area contributed by atoms with Crippen LogP contribution < -0.4 is 10.1 Å². The summed E-state index contributed by atoms with van der Waals surface area (Å²) in [6.45, 7) is 7.24. The molecular formula is C16H22BrNO3. The average Bonchev–Trinajstić information content (AvgIpc) is 2.88. The van der Waals surface area contributed by atoms with Crippen LogP contribution in [0.3, 0.4) is 0 Å². The Bertz CT molecular complexity index is 505. The van der Waals surface area contributed by atoms with Crippen LogP contribution in [0.5, 0.6) is 5.75 Å². The highest BCUT2D eigenvalue weighted by Gasteiger charge is 2.18. The fraction of sp³-hybridized carbons (Fsp3) is 0.562. The van der Waals surface area contributed by atoms with Gasteiger partial charge in [0.1, 0.15) is 12.4 Å². The molecule has 1 aliphatic rings. The van der Waals surface area contributed by atoms with Crippen LogP contribution in [0.4, 0.5) is 0 Å². The van der Waals surface area contributed by atoms with Crippen molar-refractivity contribution >= 4 is 21.8 Å². The first-order valence-corrected chi connectivity index (χ1v) is 8.01. The van der Waals surface area contributed by atoms with Crippen LogP contribution >= 0.6 is 15.9 Å². The van der Waals surface area contributed by atoms with E-state index in [0.717, 1.165) is 29.7 Å². The quantitative estimate of drug-likeness (QED) is 0.898. The van der Waals surface area contributed by atoms with Crippen LogP contribution in [0.15, 0.2) is 22.7 Å². The first-order chi connectivity index (χ1) is 9.85. The van der Waals surface area contributed by atoms with E-state index in [-0.39, 0.29) is 17.6 Å². The maximum Gasteiger partial charge on any atom is 0.251 e. The third-order valence-electron chi connectivity index (χ3n) is 3.13. The van der Waals surface area contributed by atoms with Crippen LogP contribution in [-0.2, 0) is 4.74 Å². The van der Waals surface area contributed by atoms with Gasteiger partial charge in [-0.1, -0.05) is 0 Å². The predicted octanol–water partition coefficient (Wildman–Crippen LogP) is 3.54. The van der Waals surface area contributed by atoms with Gasteiger partial charge in [0, 0.05) is 17.7 Å². The van der Waals surface area contributed by atoms with Crippen LogP contribution in [0.1, 0.15) is 44.0 Å². The van der Waals surface area contributed by atoms with Crippen molar-refractivity contribution in [3.63, 3.8) is 0 Å². The molecule has 0 aliphatic carbocycles. The zero-order valence-electron chi connectivity index (χ0n) is 12.7. The van der Waals surface area contributed by atoms with Crippen molar-refractivity contribution in [2.45, 2.75) is 45.3 Å². The Labute approximate surface area is 134 Å². The molecule has 2 rings (SSSR count). The molecule has 1 N–H and O–H groups in total. The molecule has 21 heavy (non-hydrogen) atoms. The Morgan fingerprint density at radius 3 is 2.81 bits per heavy atom. The number of carbonyl (C=O) groups excluding carboxylic acids is 1. The monoisotopic (exact) mass is 355 g/mol. The molecule has 1 fully saturated rings. The fourth-order valence-corrected chi connectivity index (χ4v) is 2.62. The molecule has 1 atom stereocenters. The van der Waals surface area contributed by atoms with Crippen molar-refractivity contribution in [2.24, 2.45) is 0 Å². The van der Waals surface area contributed by atoms with Crippen LogP contribution in [0.2, 0.25) is 0 Å². The summed E-state index contributed by atoms with van der Waals surface area (Å²) in [5, 5.41) is 2.94. The van der Waals surface area contributed by atoms with Crippen molar-refractivity contribution in [2.75, 3.05) is 13.2 Å². The molecule has 0 bridgehead atoms. The molecule has 1 heterocycles. The van der Waals surface area contributed by atoms with E-state index in [9.17, 15) is 4.79 Å². The van der Waals surface area contributed by atoms with Gasteiger partial charge < -0.3 is 14.8 Å². The van der Waals surface area contributed by atoms with Gasteiger partial charge in [-0.05, 0) is 67.7 Å². The molecule has 116 valence electrons. The maximum atomic E-state index is 12.1. The van der Waals surface area contributed by atoms with Crippen molar-refractivity contribution in [1.82, 2.24) is 5.32 Å². The van der Waals surface area contributed by atoms with Gasteiger partial charge in [-0.25, -0.2) is 0 Å². The van der Waals surface area contributed by atoms with Gasteiger partial charge in [0.25, 0.3) is 5.91 Å². The number of rotatable bonds is 4. The summed E-state index contributed by atoms with van der Waals surface area (Å²) in [6, 6.07) is 5.37. The Kier molecular flexibility index (Phi) is 5.27. The number of hydrogen-bond donors (Lipinski definition) is 1. The molecule has 1 aliphatic heterocycles. The maximum absolute atomic E-state index is 12.1. The smallest absolute Gasteiger partial charge is 0.251 e. The molecule has 1 amide bonds. The Hall–Kier alpha value is -1.07. The first-order valence-electron chi connectivity index (χ1n) is 7.21. The lowest BCUT2D eigenvalue weighted by atomic mass is 10.1. The highest BCUT2D eigenvalue weighted by molar-refractivity contribution is 9.10. The zero-order valence-corrected chi connectivity index (χ0v) is 14.3. The average molecular weight is 356 g/mol. The van der Waals surface area contributed by atoms with Crippen LogP contribution in [0.25, 0.3) is 0 Å². The van der Waals surface area contributed by atoms with Gasteiger partial charge in [-0.3, -0.25) is 4.79 Å². The van der Waals surface area contributed by atoms with Crippen molar-refractivity contribution in [3.05, 3.63) is 28.2 Å². The molecule has 0 spiro atoms. The molecule has 1 aromatic carbocycles. The third kappa shape index (κ3) is 5.00. The number of nitrogens with one attached hydrogen (secondary N) is 1. The minimum atomic E-state index is -0.251. The molecule has 0 saturated carbocycles. The second-order valence-electron chi connectivity index (χ2n) is 6.30. The van der Waals surface area contributed by atoms with E-state index in [1.807, 2.05) is 26.8 Å². The zero-order chi connectivity index (χ0) is 15.5. The molecule has 1 saturated heterocycles. The highest BCUT2D eigenvalue weighted by Crippen LogP contribution is 2.27. The predicted molar refractivity (Wildman–Crippen MR) is 85.8 cm³/mol. The summed E-state index contributed by atoms with van der Waals surface area (Å²) in [6.07, 6.45) is 2.32. The van der Waals surface area contributed by atoms with E-state index in [0.29, 0.717) is 12.2 Å². The second-order valence-corrected chi connectivity index (χ2v) is 7.15. The van der Waals surface area contributed by atoms with E-state index >= 15 is 0 Å². The van der Waals surface area contributed by atoms with E-state index < -0.39 is 0 Å². The first kappa shape index (κ1) is 16.3. The van der Waals surface area contributed by atoms with Gasteiger partial charge in [-0.15, -0.1) is 0 Å². The molecule has 1 aromatic rings. The lowest BCUT2D eigenvalue weighted by Gasteiger charge is -2.20. The number of ether oxygens (including phenoxy) is 2. The SMILES string of the molecule is CC(C)(C)NC(=O)c1ccc(OC[C@H]2CCCO2)c(Br)c1. The van der Waals surface area contributed by atoms with Crippen molar-refractivity contribution in [1.29, 1.82) is 0 Å². The molecular weight excluding hydrogens is 334 g/mol. The number of benzene rings is 1. The number of amides is 1. The standard InChI is InChI=1S/C16H22BrNO3/c1-16(2,3)18-15(19)11-6-7-14(13(17)9-11)21-10-12-5-4-8-20-12/h6-7,9,12H,4-5,8,10H2,1-3H3,(H,18,19)/t12-/m1/s1. The Morgan fingerprint density at radius 2 is 2.24 bits per heavy atom. The summed E-state index contributed by atoms with van der Waals surface area (Å²) in [4.78, 5) is 12.1. The minimum absolute atomic E-state index is 0.0890. The minimum Gasteiger partial charge on any atom is -0.490 e. The molecule has 0 radical (unpaired) electrons. The van der Waals surface area contributed by atoms with Crippen molar-refractivity contribution < 1.29 is 14.3 Å². The number of carbonyl (C=O) groups is 1. The highest BCUT2D eigenvalue weighted by atomic mass is 79.9. The largest absolute Gasteiger partial charge is 0.490 e. The lowest BCUT2D eigenvalue weighted by Crippen LogP contribution is -2.40. The van der Waals surface area contributed by atoms with Gasteiger partial charge in [0.05, 0.1) is 10.6 Å². The number of halogens is 1. The van der Waals surface area contributed by atoms with Gasteiger partial charge in [-0.2, -0.15) is 0 Å². The molecule has 0 unspecified atom stereocenters. The number of hydrogen-bond acceptors (Lipinski definition) is 3. The lowest BCUT2D eigenvalue weighted by molar-refractivity contribution is 0.0676. The van der Waals surface area contributed by atoms with Crippen LogP contribution in [0, 0.1) is 0 Å². The van der Waals surface area contributed by atoms with E-state index in [1.165, 1.54) is 0 Å². The van der Waals surface area contributed by atoms with Crippen molar-refractivity contribution in [3.8, 4) is 5.75 Å². The van der Waals surface area contributed by atoms with Gasteiger partial charge in [0.2, 0.25) is 0 Å². The molecule has 5 heteroatoms. The third-order valence-corrected chi connectivity index (χ3v) is 3.75.